The zero-order valence-corrected chi connectivity index (χ0v) is 22.4. The number of aliphatic hydroxyl groups is 2. The van der Waals surface area contributed by atoms with Crippen molar-refractivity contribution in [3.63, 3.8) is 0 Å². The minimum atomic E-state index is -1.13. The third-order valence-corrected chi connectivity index (χ3v) is 6.26. The fourth-order valence-electron chi connectivity index (χ4n) is 4.10. The van der Waals surface area contributed by atoms with Gasteiger partial charge in [0.2, 0.25) is 0 Å². The summed E-state index contributed by atoms with van der Waals surface area (Å²) in [5, 5.41) is 26.1. The van der Waals surface area contributed by atoms with Gasteiger partial charge in [-0.1, -0.05) is 13.0 Å². The van der Waals surface area contributed by atoms with Crippen LogP contribution in [0.25, 0.3) is 11.3 Å². The van der Waals surface area contributed by atoms with E-state index in [0.29, 0.717) is 35.0 Å². The highest BCUT2D eigenvalue weighted by Crippen LogP contribution is 2.28. The smallest absolute Gasteiger partial charge is 0.270 e. The predicted octanol–water partition coefficient (Wildman–Crippen LogP) is 4.54. The number of nitrogens with one attached hydrogen (secondary N) is 2. The number of aromatic nitrogens is 2. The zero-order chi connectivity index (χ0) is 29.2. The molecule has 0 saturated heterocycles. The highest BCUT2D eigenvalue weighted by Gasteiger charge is 2.19. The maximum Gasteiger partial charge on any atom is 0.270 e. The van der Waals surface area contributed by atoms with Crippen LogP contribution < -0.4 is 15.4 Å². The van der Waals surface area contributed by atoms with Gasteiger partial charge in [-0.15, -0.1) is 0 Å². The summed E-state index contributed by atoms with van der Waals surface area (Å²) < 4.78 is 18.9. The van der Waals surface area contributed by atoms with Gasteiger partial charge in [-0.3, -0.25) is 9.78 Å². The number of rotatable bonds is 13. The van der Waals surface area contributed by atoms with Crippen molar-refractivity contribution in [1.29, 1.82) is 0 Å². The SMILES string of the molecule is C[C@H](C=O)CC(CNc1cc([C@H](O)CO)cc(-c2ccc(Oc3ccc(F)cc3)cc2)n1)NC(=O)c1ccccn1. The van der Waals surface area contributed by atoms with Gasteiger partial charge in [-0.25, -0.2) is 9.37 Å². The molecule has 10 heteroatoms. The number of aldehydes is 1. The summed E-state index contributed by atoms with van der Waals surface area (Å²) in [6, 6.07) is 20.7. The number of amides is 1. The van der Waals surface area contributed by atoms with Crippen molar-refractivity contribution in [2.24, 2.45) is 5.92 Å². The number of nitrogens with zero attached hydrogens (tertiary/aromatic N) is 2. The molecule has 4 rings (SSSR count). The second kappa shape index (κ2) is 14.1. The Bertz CT molecular complexity index is 1440. The fraction of sp³-hybridized carbons (Fsp3) is 0.226. The van der Waals surface area contributed by atoms with Gasteiger partial charge in [0.05, 0.1) is 12.3 Å². The van der Waals surface area contributed by atoms with E-state index in [4.69, 9.17) is 4.74 Å². The van der Waals surface area contributed by atoms with Gasteiger partial charge in [0.15, 0.2) is 0 Å². The molecule has 0 saturated carbocycles. The molecule has 3 atom stereocenters. The largest absolute Gasteiger partial charge is 0.457 e. The molecule has 1 amide bonds. The van der Waals surface area contributed by atoms with Crippen LogP contribution >= 0.6 is 0 Å². The summed E-state index contributed by atoms with van der Waals surface area (Å²) in [7, 11) is 0. The second-order valence-corrected chi connectivity index (χ2v) is 9.57. The maximum absolute atomic E-state index is 13.2. The molecule has 4 aromatic rings. The zero-order valence-electron chi connectivity index (χ0n) is 22.4. The molecule has 0 aliphatic heterocycles. The third kappa shape index (κ3) is 8.41. The lowest BCUT2D eigenvalue weighted by Gasteiger charge is -2.21. The van der Waals surface area contributed by atoms with Gasteiger partial charge >= 0.3 is 0 Å². The highest BCUT2D eigenvalue weighted by atomic mass is 19.1. The molecule has 212 valence electrons. The van der Waals surface area contributed by atoms with E-state index in [1.807, 2.05) is 0 Å². The van der Waals surface area contributed by atoms with Crippen LogP contribution in [0.5, 0.6) is 11.5 Å². The number of carbonyl (C=O) groups excluding carboxylic acids is 2. The van der Waals surface area contributed by atoms with E-state index in [1.165, 1.54) is 30.5 Å². The third-order valence-electron chi connectivity index (χ3n) is 6.26. The van der Waals surface area contributed by atoms with Gasteiger partial charge in [0.1, 0.15) is 41.2 Å². The number of halogens is 1. The summed E-state index contributed by atoms with van der Waals surface area (Å²) in [5.74, 6) is 0.427. The van der Waals surface area contributed by atoms with Crippen LogP contribution in [0, 0.1) is 11.7 Å². The number of benzene rings is 2. The van der Waals surface area contributed by atoms with E-state index >= 15 is 0 Å². The van der Waals surface area contributed by atoms with Crippen molar-refractivity contribution < 1.29 is 28.9 Å². The molecular weight excluding hydrogens is 527 g/mol. The van der Waals surface area contributed by atoms with Crippen LogP contribution in [0.15, 0.2) is 85.1 Å². The first-order chi connectivity index (χ1) is 19.8. The van der Waals surface area contributed by atoms with Gasteiger partial charge < -0.3 is 30.4 Å². The number of anilines is 1. The lowest BCUT2D eigenvalue weighted by molar-refractivity contribution is -0.110. The number of ether oxygens (including phenoxy) is 1. The van der Waals surface area contributed by atoms with E-state index in [1.54, 1.807) is 61.5 Å². The molecule has 2 aromatic heterocycles. The lowest BCUT2D eigenvalue weighted by atomic mass is 10.0. The number of aliphatic hydroxyl groups excluding tert-OH is 2. The van der Waals surface area contributed by atoms with Crippen molar-refractivity contribution >= 4 is 18.0 Å². The van der Waals surface area contributed by atoms with Crippen molar-refractivity contribution in [3.05, 3.63) is 102 Å². The molecule has 0 fully saturated rings. The van der Waals surface area contributed by atoms with Gasteiger partial charge in [0, 0.05) is 30.3 Å². The number of hydrogen-bond donors (Lipinski definition) is 4. The Kier molecular flexibility index (Phi) is 10.1. The van der Waals surface area contributed by atoms with E-state index in [9.17, 15) is 24.2 Å². The fourth-order valence-corrected chi connectivity index (χ4v) is 4.10. The van der Waals surface area contributed by atoms with Gasteiger partial charge in [-0.2, -0.15) is 0 Å². The molecule has 2 heterocycles. The Hall–Kier alpha value is -4.67. The molecule has 41 heavy (non-hydrogen) atoms. The average Bonchev–Trinajstić information content (AvgIpc) is 3.01. The van der Waals surface area contributed by atoms with Gasteiger partial charge in [-0.05, 0) is 84.8 Å². The maximum atomic E-state index is 13.2. The first-order valence-electron chi connectivity index (χ1n) is 13.1. The molecule has 1 unspecified atom stereocenters. The molecule has 2 aromatic carbocycles. The second-order valence-electron chi connectivity index (χ2n) is 9.57. The predicted molar refractivity (Wildman–Crippen MR) is 152 cm³/mol. The average molecular weight is 559 g/mol. The van der Waals surface area contributed by atoms with E-state index in [0.717, 1.165) is 11.8 Å². The normalized spacial score (nSPS) is 13.1. The van der Waals surface area contributed by atoms with E-state index in [2.05, 4.69) is 20.6 Å². The first-order valence-corrected chi connectivity index (χ1v) is 13.1. The van der Waals surface area contributed by atoms with Crippen LogP contribution in [0.4, 0.5) is 10.2 Å². The van der Waals surface area contributed by atoms with Crippen LogP contribution in [0.1, 0.15) is 35.5 Å². The number of carbonyl (C=O) groups is 2. The van der Waals surface area contributed by atoms with Gasteiger partial charge in [0.25, 0.3) is 5.91 Å². The van der Waals surface area contributed by atoms with Crippen molar-refractivity contribution in [2.45, 2.75) is 25.5 Å². The van der Waals surface area contributed by atoms with Crippen LogP contribution in [-0.4, -0.2) is 51.6 Å². The summed E-state index contributed by atoms with van der Waals surface area (Å²) in [5.41, 5.74) is 1.96. The number of hydrogen-bond acceptors (Lipinski definition) is 8. The van der Waals surface area contributed by atoms with E-state index < -0.39 is 18.8 Å². The monoisotopic (exact) mass is 558 g/mol. The molecular formula is C31H31FN4O5. The molecule has 4 N–H and O–H groups in total. The minimum absolute atomic E-state index is 0.242. The molecule has 0 aliphatic carbocycles. The Morgan fingerprint density at radius 1 is 1.05 bits per heavy atom. The standard InChI is InChI=1S/C31H31FN4O5/c1-20(18-37)14-24(35-31(40)27-4-2-3-13-33-27)17-34-30-16-22(29(39)19-38)15-28(36-30)21-5-9-25(10-6-21)41-26-11-7-23(32)8-12-26/h2-13,15-16,18,20,24,29,38-39H,14,17,19H2,1H3,(H,34,36)(H,35,40)/t20-,24?,29+/m0/s1. The molecule has 9 nitrogen and oxygen atoms in total. The lowest BCUT2D eigenvalue weighted by Crippen LogP contribution is -2.41. The quantitative estimate of drug-likeness (QED) is 0.176. The molecule has 0 bridgehead atoms. The molecule has 0 radical (unpaired) electrons. The minimum Gasteiger partial charge on any atom is -0.457 e. The topological polar surface area (TPSA) is 134 Å². The first kappa shape index (κ1) is 29.3. The summed E-state index contributed by atoms with van der Waals surface area (Å²) in [6.07, 6.45) is 1.61. The van der Waals surface area contributed by atoms with Crippen LogP contribution in [0.3, 0.4) is 0 Å². The van der Waals surface area contributed by atoms with Crippen LogP contribution in [-0.2, 0) is 4.79 Å². The van der Waals surface area contributed by atoms with E-state index in [-0.39, 0.29) is 29.9 Å². The summed E-state index contributed by atoms with van der Waals surface area (Å²) >= 11 is 0. The Morgan fingerprint density at radius 2 is 1.76 bits per heavy atom. The Balaban J connectivity index is 1.53. The van der Waals surface area contributed by atoms with Crippen molar-refractivity contribution in [3.8, 4) is 22.8 Å². The van der Waals surface area contributed by atoms with Crippen molar-refractivity contribution in [2.75, 3.05) is 18.5 Å². The Labute approximate surface area is 237 Å². The number of pyridine rings is 2. The highest BCUT2D eigenvalue weighted by molar-refractivity contribution is 5.92. The molecule has 0 spiro atoms. The summed E-state index contributed by atoms with van der Waals surface area (Å²) in [6.45, 7) is 1.53. The molecule has 0 aliphatic rings. The summed E-state index contributed by atoms with van der Waals surface area (Å²) in [4.78, 5) is 32.8. The van der Waals surface area contributed by atoms with Crippen molar-refractivity contribution in [1.82, 2.24) is 15.3 Å². The van der Waals surface area contributed by atoms with Crippen LogP contribution in [0.2, 0.25) is 0 Å². The Morgan fingerprint density at radius 3 is 2.39 bits per heavy atom.